The van der Waals surface area contributed by atoms with Gasteiger partial charge in [0.15, 0.2) is 4.32 Å². The van der Waals surface area contributed by atoms with Gasteiger partial charge in [-0.3, -0.25) is 15.0 Å². The molecule has 28 heavy (non-hydrogen) atoms. The Labute approximate surface area is 172 Å². The number of hydrazine groups is 1. The molecule has 0 aromatic heterocycles. The van der Waals surface area contributed by atoms with E-state index < -0.39 is 11.8 Å². The van der Waals surface area contributed by atoms with Crippen molar-refractivity contribution in [3.05, 3.63) is 64.1 Å². The number of benzene rings is 2. The molecular formula is C20H18N2O4S2. The number of aryl methyl sites for hydroxylation is 1. The minimum Gasteiger partial charge on any atom is -0.497 e. The minimum absolute atomic E-state index is 0.250. The van der Waals surface area contributed by atoms with Crippen molar-refractivity contribution in [2.45, 2.75) is 6.92 Å². The highest BCUT2D eigenvalue weighted by molar-refractivity contribution is 8.26. The number of rotatable bonds is 5. The van der Waals surface area contributed by atoms with Crippen LogP contribution >= 0.6 is 24.0 Å². The number of nitrogens with one attached hydrogen (secondary N) is 1. The van der Waals surface area contributed by atoms with Crippen molar-refractivity contribution in [2.75, 3.05) is 14.2 Å². The Bertz CT molecular complexity index is 988. The van der Waals surface area contributed by atoms with E-state index in [0.717, 1.165) is 22.3 Å². The summed E-state index contributed by atoms with van der Waals surface area (Å²) in [6.07, 6.45) is 1.67. The van der Waals surface area contributed by atoms with Crippen LogP contribution in [-0.2, 0) is 4.79 Å². The number of thioether (sulfide) groups is 1. The lowest BCUT2D eigenvalue weighted by Gasteiger charge is -2.16. The fourth-order valence-corrected chi connectivity index (χ4v) is 3.82. The molecule has 6 nitrogen and oxygen atoms in total. The van der Waals surface area contributed by atoms with Gasteiger partial charge in [0.1, 0.15) is 11.5 Å². The summed E-state index contributed by atoms with van der Waals surface area (Å²) in [6, 6.07) is 12.4. The second-order valence-electron chi connectivity index (χ2n) is 5.88. The largest absolute Gasteiger partial charge is 0.497 e. The third-order valence-electron chi connectivity index (χ3n) is 4.12. The molecule has 8 heteroatoms. The molecule has 1 N–H and O–H groups in total. The van der Waals surface area contributed by atoms with Crippen molar-refractivity contribution in [1.29, 1.82) is 0 Å². The van der Waals surface area contributed by atoms with E-state index >= 15 is 0 Å². The first-order valence-electron chi connectivity index (χ1n) is 8.31. The lowest BCUT2D eigenvalue weighted by Crippen LogP contribution is -2.45. The molecule has 0 unspecified atom stereocenters. The predicted molar refractivity (Wildman–Crippen MR) is 113 cm³/mol. The molecule has 1 saturated heterocycles. The summed E-state index contributed by atoms with van der Waals surface area (Å²) >= 11 is 6.39. The van der Waals surface area contributed by atoms with Gasteiger partial charge < -0.3 is 9.47 Å². The van der Waals surface area contributed by atoms with Crippen LogP contribution in [-0.4, -0.2) is 35.4 Å². The first-order chi connectivity index (χ1) is 13.4. The van der Waals surface area contributed by atoms with Crippen LogP contribution in [0.25, 0.3) is 6.08 Å². The number of nitrogens with zero attached hydrogens (tertiary/aromatic N) is 1. The van der Waals surface area contributed by atoms with Gasteiger partial charge in [0.05, 0.1) is 19.1 Å². The smallest absolute Gasteiger partial charge is 0.285 e. The number of thiocarbonyl (C=S) groups is 1. The van der Waals surface area contributed by atoms with Gasteiger partial charge in [-0.05, 0) is 55.0 Å². The number of carbonyl (C=O) groups excluding carboxylic acids is 2. The molecule has 0 radical (unpaired) electrons. The maximum absolute atomic E-state index is 12.8. The molecule has 0 atom stereocenters. The Morgan fingerprint density at radius 1 is 1.18 bits per heavy atom. The zero-order valence-corrected chi connectivity index (χ0v) is 17.1. The van der Waals surface area contributed by atoms with E-state index in [-0.39, 0.29) is 4.32 Å². The van der Waals surface area contributed by atoms with Gasteiger partial charge in [0.2, 0.25) is 0 Å². The lowest BCUT2D eigenvalue weighted by molar-refractivity contribution is -0.123. The average Bonchev–Trinajstić information content (AvgIpc) is 2.95. The van der Waals surface area contributed by atoms with Gasteiger partial charge in [-0.15, -0.1) is 0 Å². The van der Waals surface area contributed by atoms with E-state index in [1.807, 2.05) is 19.1 Å². The van der Waals surface area contributed by atoms with Crippen molar-refractivity contribution in [3.63, 3.8) is 0 Å². The Kier molecular flexibility index (Phi) is 6.01. The number of amides is 2. The molecule has 0 bridgehead atoms. The summed E-state index contributed by atoms with van der Waals surface area (Å²) in [4.78, 5) is 25.7. The van der Waals surface area contributed by atoms with E-state index in [1.165, 1.54) is 0 Å². The first-order valence-corrected chi connectivity index (χ1v) is 9.53. The standard InChI is InChI=1S/C20H18N2O4S2/c1-12-6-4-5-7-15(12)18(23)21-22-19(24)17(28-20(22)27)11-13-10-14(25-2)8-9-16(13)26-3/h4-11H,1-3H3,(H,21,23)/b17-11+. The van der Waals surface area contributed by atoms with Crippen LogP contribution in [0.4, 0.5) is 0 Å². The van der Waals surface area contributed by atoms with Crippen molar-refractivity contribution in [2.24, 2.45) is 0 Å². The summed E-state index contributed by atoms with van der Waals surface area (Å²) < 4.78 is 10.8. The molecule has 0 saturated carbocycles. The van der Waals surface area contributed by atoms with Gasteiger partial charge in [0, 0.05) is 11.1 Å². The lowest BCUT2D eigenvalue weighted by atomic mass is 10.1. The number of hydrogen-bond acceptors (Lipinski definition) is 6. The van der Waals surface area contributed by atoms with Crippen molar-refractivity contribution in [1.82, 2.24) is 10.4 Å². The summed E-state index contributed by atoms with van der Waals surface area (Å²) in [5.41, 5.74) is 4.55. The number of ether oxygens (including phenoxy) is 2. The molecule has 0 spiro atoms. The second-order valence-corrected chi connectivity index (χ2v) is 7.56. The molecule has 144 valence electrons. The zero-order chi connectivity index (χ0) is 20.3. The monoisotopic (exact) mass is 414 g/mol. The highest BCUT2D eigenvalue weighted by Gasteiger charge is 2.34. The molecule has 2 aromatic carbocycles. The third kappa shape index (κ3) is 4.02. The molecule has 1 aliphatic rings. The Balaban J connectivity index is 1.85. The van der Waals surface area contributed by atoms with Crippen LogP contribution in [0.5, 0.6) is 11.5 Å². The van der Waals surface area contributed by atoms with Crippen LogP contribution in [0.3, 0.4) is 0 Å². The Morgan fingerprint density at radius 3 is 2.61 bits per heavy atom. The normalized spacial score (nSPS) is 15.1. The molecule has 1 heterocycles. The SMILES string of the molecule is COc1ccc(OC)c(/C=C2/SC(=S)N(NC(=O)c3ccccc3C)C2=O)c1. The molecule has 1 fully saturated rings. The fourth-order valence-electron chi connectivity index (χ4n) is 2.65. The van der Waals surface area contributed by atoms with Gasteiger partial charge in [-0.1, -0.05) is 30.0 Å². The Morgan fingerprint density at radius 2 is 1.93 bits per heavy atom. The van der Waals surface area contributed by atoms with Gasteiger partial charge in [-0.25, -0.2) is 0 Å². The second kappa shape index (κ2) is 8.45. The quantitative estimate of drug-likeness (QED) is 0.596. The summed E-state index contributed by atoms with van der Waals surface area (Å²) in [5, 5.41) is 1.09. The zero-order valence-electron chi connectivity index (χ0n) is 15.5. The number of methoxy groups -OCH3 is 2. The fraction of sp³-hybridized carbons (Fsp3) is 0.150. The van der Waals surface area contributed by atoms with Crippen LogP contribution < -0.4 is 14.9 Å². The average molecular weight is 415 g/mol. The maximum Gasteiger partial charge on any atom is 0.285 e. The summed E-state index contributed by atoms with van der Waals surface area (Å²) in [7, 11) is 3.11. The third-order valence-corrected chi connectivity index (χ3v) is 5.42. The van der Waals surface area contributed by atoms with E-state index in [9.17, 15) is 9.59 Å². The molecule has 2 aromatic rings. The van der Waals surface area contributed by atoms with E-state index in [1.54, 1.807) is 50.6 Å². The van der Waals surface area contributed by atoms with Crippen molar-refractivity contribution < 1.29 is 19.1 Å². The predicted octanol–water partition coefficient (Wildman–Crippen LogP) is 3.56. The van der Waals surface area contributed by atoms with E-state index in [2.05, 4.69) is 5.43 Å². The van der Waals surface area contributed by atoms with Gasteiger partial charge in [0.25, 0.3) is 11.8 Å². The Hall–Kier alpha value is -2.84. The maximum atomic E-state index is 12.8. The van der Waals surface area contributed by atoms with Gasteiger partial charge >= 0.3 is 0 Å². The first kappa shape index (κ1) is 19.9. The van der Waals surface area contributed by atoms with Crippen LogP contribution in [0.15, 0.2) is 47.4 Å². The number of hydrogen-bond donors (Lipinski definition) is 1. The molecule has 2 amide bonds. The molecule has 1 aliphatic heterocycles. The number of carbonyl (C=O) groups is 2. The summed E-state index contributed by atoms with van der Waals surface area (Å²) in [5.74, 6) is 0.432. The van der Waals surface area contributed by atoms with Crippen molar-refractivity contribution in [3.8, 4) is 11.5 Å². The van der Waals surface area contributed by atoms with Gasteiger partial charge in [-0.2, -0.15) is 5.01 Å². The van der Waals surface area contributed by atoms with E-state index in [0.29, 0.717) is 27.5 Å². The molecule has 0 aliphatic carbocycles. The van der Waals surface area contributed by atoms with Crippen LogP contribution in [0, 0.1) is 6.92 Å². The molecular weight excluding hydrogens is 396 g/mol. The minimum atomic E-state index is -0.401. The summed E-state index contributed by atoms with van der Waals surface area (Å²) in [6.45, 7) is 1.83. The van der Waals surface area contributed by atoms with E-state index in [4.69, 9.17) is 21.7 Å². The molecule has 3 rings (SSSR count). The topological polar surface area (TPSA) is 67.9 Å². The van der Waals surface area contributed by atoms with Crippen LogP contribution in [0.2, 0.25) is 0 Å². The van der Waals surface area contributed by atoms with Crippen LogP contribution in [0.1, 0.15) is 21.5 Å². The highest BCUT2D eigenvalue weighted by atomic mass is 32.2. The van der Waals surface area contributed by atoms with Crippen molar-refractivity contribution >= 4 is 46.2 Å². The highest BCUT2D eigenvalue weighted by Crippen LogP contribution is 2.34.